The molecule has 0 N–H and O–H groups in total. The minimum Gasteiger partial charge on any atom is -0.255 e. The molecule has 2 nitrogen and oxygen atoms in total. The molecular formula is C15H9F3N2. The molecule has 1 aromatic carbocycles. The zero-order valence-corrected chi connectivity index (χ0v) is 10.2. The number of alkyl halides is 3. The summed E-state index contributed by atoms with van der Waals surface area (Å²) in [4.78, 5) is 3.70. The molecule has 0 aliphatic rings. The highest BCUT2D eigenvalue weighted by molar-refractivity contribution is 5.88. The second-order valence-electron chi connectivity index (χ2n) is 4.01. The summed E-state index contributed by atoms with van der Waals surface area (Å²) in [5.41, 5.74) is 0.373. The first-order chi connectivity index (χ1) is 9.50. The summed E-state index contributed by atoms with van der Waals surface area (Å²) in [6.45, 7) is 0. The van der Waals surface area contributed by atoms with Crippen molar-refractivity contribution in [1.82, 2.24) is 4.98 Å². The number of pyridine rings is 1. The third-order valence-electron chi connectivity index (χ3n) is 2.60. The lowest BCUT2D eigenvalue weighted by Crippen LogP contribution is -2.05. The first-order valence-corrected chi connectivity index (χ1v) is 5.71. The molecule has 0 amide bonds. The maximum atomic E-state index is 12.4. The summed E-state index contributed by atoms with van der Waals surface area (Å²) < 4.78 is 37.3. The standard InChI is InChI=1S/C15H9F3N2/c16-15(17,18)13-6-7-14(20-10-13)12(9-19)8-11-4-2-1-3-5-11/h1-8,10H. The predicted molar refractivity (Wildman–Crippen MR) is 69.2 cm³/mol. The molecule has 0 atom stereocenters. The van der Waals surface area contributed by atoms with E-state index in [1.165, 1.54) is 6.07 Å². The number of rotatable bonds is 2. The van der Waals surface area contributed by atoms with Crippen molar-refractivity contribution in [3.05, 3.63) is 65.5 Å². The fraction of sp³-hybridized carbons (Fsp3) is 0.0667. The molecule has 0 bridgehead atoms. The van der Waals surface area contributed by atoms with Gasteiger partial charge >= 0.3 is 6.18 Å². The van der Waals surface area contributed by atoms with Crippen molar-refractivity contribution in [1.29, 1.82) is 5.26 Å². The zero-order chi connectivity index (χ0) is 14.6. The van der Waals surface area contributed by atoms with Crippen LogP contribution in [0.5, 0.6) is 0 Å². The Morgan fingerprint density at radius 3 is 2.30 bits per heavy atom. The molecule has 0 aliphatic heterocycles. The van der Waals surface area contributed by atoms with Crippen LogP contribution in [0.25, 0.3) is 11.6 Å². The van der Waals surface area contributed by atoms with Gasteiger partial charge in [-0.3, -0.25) is 4.98 Å². The Labute approximate surface area is 113 Å². The molecule has 1 aromatic heterocycles. The van der Waals surface area contributed by atoms with Gasteiger partial charge in [-0.15, -0.1) is 0 Å². The van der Waals surface area contributed by atoms with Gasteiger partial charge in [0, 0.05) is 6.20 Å². The lowest BCUT2D eigenvalue weighted by Gasteiger charge is -2.06. The van der Waals surface area contributed by atoms with Crippen molar-refractivity contribution in [2.45, 2.75) is 6.18 Å². The van der Waals surface area contributed by atoms with Gasteiger partial charge in [0.1, 0.15) is 6.07 Å². The monoisotopic (exact) mass is 274 g/mol. The Hall–Kier alpha value is -2.61. The van der Waals surface area contributed by atoms with E-state index >= 15 is 0 Å². The molecule has 0 fully saturated rings. The normalized spacial score (nSPS) is 12.0. The second-order valence-corrected chi connectivity index (χ2v) is 4.01. The lowest BCUT2D eigenvalue weighted by atomic mass is 10.1. The first-order valence-electron chi connectivity index (χ1n) is 5.71. The van der Waals surface area contributed by atoms with Gasteiger partial charge in [-0.2, -0.15) is 18.4 Å². The van der Waals surface area contributed by atoms with Gasteiger partial charge in [-0.25, -0.2) is 0 Å². The number of nitrogens with zero attached hydrogens (tertiary/aromatic N) is 2. The average molecular weight is 274 g/mol. The summed E-state index contributed by atoms with van der Waals surface area (Å²) in [7, 11) is 0. The van der Waals surface area contributed by atoms with E-state index in [1.807, 2.05) is 12.1 Å². The van der Waals surface area contributed by atoms with Crippen LogP contribution in [0, 0.1) is 11.3 Å². The van der Waals surface area contributed by atoms with E-state index in [0.717, 1.165) is 17.8 Å². The average Bonchev–Trinajstić information content (AvgIpc) is 2.45. The van der Waals surface area contributed by atoms with Gasteiger partial charge in [0.05, 0.1) is 16.8 Å². The Kier molecular flexibility index (Phi) is 3.85. The van der Waals surface area contributed by atoms with Crippen LogP contribution in [-0.2, 0) is 6.18 Å². The van der Waals surface area contributed by atoms with Crippen molar-refractivity contribution in [2.24, 2.45) is 0 Å². The highest BCUT2D eigenvalue weighted by Crippen LogP contribution is 2.29. The fourth-order valence-electron chi connectivity index (χ4n) is 1.60. The Balaban J connectivity index is 2.34. The Bertz CT molecular complexity index is 650. The zero-order valence-electron chi connectivity index (χ0n) is 10.2. The molecule has 100 valence electrons. The molecule has 0 spiro atoms. The largest absolute Gasteiger partial charge is 0.417 e. The maximum Gasteiger partial charge on any atom is 0.417 e. The van der Waals surface area contributed by atoms with E-state index in [1.54, 1.807) is 30.3 Å². The van der Waals surface area contributed by atoms with Crippen LogP contribution in [0.1, 0.15) is 16.8 Å². The van der Waals surface area contributed by atoms with Crippen molar-refractivity contribution >= 4 is 11.6 Å². The Morgan fingerprint density at radius 2 is 1.80 bits per heavy atom. The molecule has 0 saturated heterocycles. The summed E-state index contributed by atoms with van der Waals surface area (Å²) in [5, 5.41) is 9.09. The van der Waals surface area contributed by atoms with Crippen LogP contribution in [-0.4, -0.2) is 4.98 Å². The van der Waals surface area contributed by atoms with Crippen LogP contribution >= 0.6 is 0 Å². The number of aromatic nitrogens is 1. The number of benzene rings is 1. The number of allylic oxidation sites excluding steroid dienone is 1. The molecule has 5 heteroatoms. The number of hydrogen-bond acceptors (Lipinski definition) is 2. The molecular weight excluding hydrogens is 265 g/mol. The minimum atomic E-state index is -4.43. The first kappa shape index (κ1) is 13.8. The van der Waals surface area contributed by atoms with Gasteiger partial charge in [0.25, 0.3) is 0 Å². The highest BCUT2D eigenvalue weighted by atomic mass is 19.4. The van der Waals surface area contributed by atoms with Gasteiger partial charge < -0.3 is 0 Å². The maximum absolute atomic E-state index is 12.4. The molecule has 0 aliphatic carbocycles. The van der Waals surface area contributed by atoms with E-state index in [2.05, 4.69) is 4.98 Å². The van der Waals surface area contributed by atoms with E-state index in [0.29, 0.717) is 0 Å². The van der Waals surface area contributed by atoms with E-state index in [4.69, 9.17) is 5.26 Å². The Morgan fingerprint density at radius 1 is 1.10 bits per heavy atom. The van der Waals surface area contributed by atoms with Crippen LogP contribution in [0.15, 0.2) is 48.7 Å². The van der Waals surface area contributed by atoms with Crippen molar-refractivity contribution < 1.29 is 13.2 Å². The molecule has 1 heterocycles. The molecule has 0 saturated carbocycles. The molecule has 20 heavy (non-hydrogen) atoms. The van der Waals surface area contributed by atoms with Crippen LogP contribution in [0.3, 0.4) is 0 Å². The minimum absolute atomic E-state index is 0.212. The summed E-state index contributed by atoms with van der Waals surface area (Å²) >= 11 is 0. The SMILES string of the molecule is N#CC(=Cc1ccccc1)c1ccc(C(F)(F)F)cn1. The predicted octanol–water partition coefficient (Wildman–Crippen LogP) is 4.16. The number of hydrogen-bond donors (Lipinski definition) is 0. The molecule has 0 unspecified atom stereocenters. The summed E-state index contributed by atoms with van der Waals surface area (Å²) in [5.74, 6) is 0. The third kappa shape index (κ3) is 3.23. The van der Waals surface area contributed by atoms with E-state index in [9.17, 15) is 13.2 Å². The summed E-state index contributed by atoms with van der Waals surface area (Å²) in [6, 6.07) is 13.1. The molecule has 2 rings (SSSR count). The summed E-state index contributed by atoms with van der Waals surface area (Å²) in [6.07, 6.45) is -2.12. The van der Waals surface area contributed by atoms with Crippen molar-refractivity contribution in [3.63, 3.8) is 0 Å². The van der Waals surface area contributed by atoms with E-state index in [-0.39, 0.29) is 11.3 Å². The van der Waals surface area contributed by atoms with Crippen molar-refractivity contribution in [3.8, 4) is 6.07 Å². The van der Waals surface area contributed by atoms with Gasteiger partial charge in [-0.05, 0) is 23.8 Å². The number of nitriles is 1. The fourth-order valence-corrected chi connectivity index (χ4v) is 1.60. The third-order valence-corrected chi connectivity index (χ3v) is 2.60. The quantitative estimate of drug-likeness (QED) is 0.771. The van der Waals surface area contributed by atoms with Crippen LogP contribution in [0.4, 0.5) is 13.2 Å². The highest BCUT2D eigenvalue weighted by Gasteiger charge is 2.30. The second kappa shape index (κ2) is 5.57. The van der Waals surface area contributed by atoms with Gasteiger partial charge in [0.2, 0.25) is 0 Å². The van der Waals surface area contributed by atoms with Crippen molar-refractivity contribution in [2.75, 3.05) is 0 Å². The van der Waals surface area contributed by atoms with Crippen LogP contribution < -0.4 is 0 Å². The molecule has 2 aromatic rings. The smallest absolute Gasteiger partial charge is 0.255 e. The van der Waals surface area contributed by atoms with Gasteiger partial charge in [0.15, 0.2) is 0 Å². The molecule has 0 radical (unpaired) electrons. The number of halogens is 3. The van der Waals surface area contributed by atoms with Gasteiger partial charge in [-0.1, -0.05) is 30.3 Å². The topological polar surface area (TPSA) is 36.7 Å². The van der Waals surface area contributed by atoms with E-state index < -0.39 is 11.7 Å². The van der Waals surface area contributed by atoms with Crippen LogP contribution in [0.2, 0.25) is 0 Å². The lowest BCUT2D eigenvalue weighted by molar-refractivity contribution is -0.137.